The maximum Gasteiger partial charge on any atom is 0.110 e. The van der Waals surface area contributed by atoms with E-state index in [0.29, 0.717) is 22.5 Å². The fourth-order valence-electron chi connectivity index (χ4n) is 1.64. The highest BCUT2D eigenvalue weighted by Crippen LogP contribution is 2.28. The Morgan fingerprint density at radius 1 is 1.38 bits per heavy atom. The third-order valence-corrected chi connectivity index (χ3v) is 3.33. The van der Waals surface area contributed by atoms with Crippen molar-refractivity contribution in [1.29, 1.82) is 0 Å². The summed E-state index contributed by atoms with van der Waals surface area (Å²) >= 11 is 11.9. The van der Waals surface area contributed by atoms with E-state index in [1.165, 1.54) is 0 Å². The number of hydrogen-bond acceptors (Lipinski definition) is 2. The number of halogens is 2. The SMILES string of the molecule is CC(CCN)c1nc2cc(Cl)c(Cl)cc2[nH]1. The van der Waals surface area contributed by atoms with Gasteiger partial charge in [-0.3, -0.25) is 0 Å². The molecule has 0 saturated heterocycles. The van der Waals surface area contributed by atoms with Gasteiger partial charge in [0.05, 0.1) is 21.1 Å². The van der Waals surface area contributed by atoms with Gasteiger partial charge in [0.25, 0.3) is 0 Å². The Morgan fingerprint density at radius 3 is 2.75 bits per heavy atom. The second kappa shape index (κ2) is 4.62. The molecule has 0 saturated carbocycles. The van der Waals surface area contributed by atoms with Crippen molar-refractivity contribution in [2.75, 3.05) is 6.54 Å². The summed E-state index contributed by atoms with van der Waals surface area (Å²) in [5.74, 6) is 1.24. The largest absolute Gasteiger partial charge is 0.342 e. The Kier molecular flexibility index (Phi) is 3.38. The zero-order valence-electron chi connectivity index (χ0n) is 8.93. The van der Waals surface area contributed by atoms with Crippen LogP contribution in [0.3, 0.4) is 0 Å². The number of benzene rings is 1. The zero-order valence-corrected chi connectivity index (χ0v) is 10.4. The molecule has 0 aliphatic carbocycles. The average Bonchev–Trinajstić information content (AvgIpc) is 2.62. The van der Waals surface area contributed by atoms with Crippen molar-refractivity contribution in [1.82, 2.24) is 9.97 Å². The number of aromatic nitrogens is 2. The topological polar surface area (TPSA) is 54.7 Å². The number of H-pyrrole nitrogens is 1. The number of imidazole rings is 1. The van der Waals surface area contributed by atoms with Crippen LogP contribution in [-0.4, -0.2) is 16.5 Å². The highest BCUT2D eigenvalue weighted by Gasteiger charge is 2.11. The Morgan fingerprint density at radius 2 is 2.06 bits per heavy atom. The number of nitrogens with one attached hydrogen (secondary N) is 1. The predicted molar refractivity (Wildman–Crippen MR) is 68.2 cm³/mol. The van der Waals surface area contributed by atoms with Gasteiger partial charge in [0.1, 0.15) is 5.82 Å². The molecule has 0 fully saturated rings. The van der Waals surface area contributed by atoms with Gasteiger partial charge in [-0.2, -0.15) is 0 Å². The van der Waals surface area contributed by atoms with Gasteiger partial charge >= 0.3 is 0 Å². The first-order chi connectivity index (χ1) is 7.61. The molecule has 0 bridgehead atoms. The molecule has 0 amide bonds. The molecule has 1 atom stereocenters. The van der Waals surface area contributed by atoms with Crippen LogP contribution < -0.4 is 5.73 Å². The lowest BCUT2D eigenvalue weighted by atomic mass is 10.1. The molecule has 2 aromatic rings. The molecule has 1 aromatic heterocycles. The van der Waals surface area contributed by atoms with E-state index in [0.717, 1.165) is 23.3 Å². The summed E-state index contributed by atoms with van der Waals surface area (Å²) in [4.78, 5) is 7.72. The van der Waals surface area contributed by atoms with Crippen molar-refractivity contribution in [3.05, 3.63) is 28.0 Å². The van der Waals surface area contributed by atoms with Crippen molar-refractivity contribution in [2.45, 2.75) is 19.3 Å². The summed E-state index contributed by atoms with van der Waals surface area (Å²) in [6.07, 6.45) is 0.904. The molecule has 3 N–H and O–H groups in total. The van der Waals surface area contributed by atoms with Crippen LogP contribution in [0.5, 0.6) is 0 Å². The Labute approximate surface area is 104 Å². The van der Waals surface area contributed by atoms with E-state index in [2.05, 4.69) is 16.9 Å². The molecule has 0 spiro atoms. The molecule has 3 nitrogen and oxygen atoms in total. The summed E-state index contributed by atoms with van der Waals surface area (Å²) in [6, 6.07) is 3.57. The predicted octanol–water partition coefficient (Wildman–Crippen LogP) is 3.32. The quantitative estimate of drug-likeness (QED) is 0.887. The van der Waals surface area contributed by atoms with Gasteiger partial charge in [0.15, 0.2) is 0 Å². The zero-order chi connectivity index (χ0) is 11.7. The van der Waals surface area contributed by atoms with Crippen LogP contribution in [0.15, 0.2) is 12.1 Å². The summed E-state index contributed by atoms with van der Waals surface area (Å²) in [5.41, 5.74) is 7.28. The normalized spacial score (nSPS) is 13.2. The Hall–Kier alpha value is -0.770. The fraction of sp³-hybridized carbons (Fsp3) is 0.364. The van der Waals surface area contributed by atoms with Gasteiger partial charge in [-0.1, -0.05) is 30.1 Å². The number of nitrogens with zero attached hydrogens (tertiary/aromatic N) is 1. The monoisotopic (exact) mass is 257 g/mol. The van der Waals surface area contributed by atoms with Crippen molar-refractivity contribution >= 4 is 34.2 Å². The summed E-state index contributed by atoms with van der Waals surface area (Å²) in [5, 5.41) is 1.06. The fourth-order valence-corrected chi connectivity index (χ4v) is 1.97. The van der Waals surface area contributed by atoms with E-state index < -0.39 is 0 Å². The third kappa shape index (κ3) is 2.17. The molecule has 2 rings (SSSR count). The third-order valence-electron chi connectivity index (χ3n) is 2.61. The highest BCUT2D eigenvalue weighted by atomic mass is 35.5. The van der Waals surface area contributed by atoms with E-state index in [4.69, 9.17) is 28.9 Å². The van der Waals surface area contributed by atoms with Crippen LogP contribution in [0, 0.1) is 0 Å². The molecule has 0 aliphatic heterocycles. The van der Waals surface area contributed by atoms with Crippen LogP contribution in [0.25, 0.3) is 11.0 Å². The second-order valence-electron chi connectivity index (χ2n) is 3.88. The van der Waals surface area contributed by atoms with Crippen LogP contribution >= 0.6 is 23.2 Å². The van der Waals surface area contributed by atoms with Crippen LogP contribution in [-0.2, 0) is 0 Å². The van der Waals surface area contributed by atoms with Gasteiger partial charge < -0.3 is 10.7 Å². The lowest BCUT2D eigenvalue weighted by Crippen LogP contribution is -2.05. The van der Waals surface area contributed by atoms with E-state index in [1.54, 1.807) is 12.1 Å². The first kappa shape index (κ1) is 11.7. The van der Waals surface area contributed by atoms with Crippen LogP contribution in [0.1, 0.15) is 25.1 Å². The first-order valence-corrected chi connectivity index (χ1v) is 5.92. The molecule has 0 aliphatic rings. The maximum absolute atomic E-state index is 5.94. The van der Waals surface area contributed by atoms with E-state index in [-0.39, 0.29) is 0 Å². The molecule has 86 valence electrons. The smallest absolute Gasteiger partial charge is 0.110 e. The maximum atomic E-state index is 5.94. The lowest BCUT2D eigenvalue weighted by Gasteiger charge is -2.04. The van der Waals surface area contributed by atoms with E-state index in [1.807, 2.05) is 0 Å². The number of fused-ring (bicyclic) bond motifs is 1. The molecular formula is C11H13Cl2N3. The number of rotatable bonds is 3. The molecule has 16 heavy (non-hydrogen) atoms. The van der Waals surface area contributed by atoms with Gasteiger partial charge in [-0.05, 0) is 25.1 Å². The van der Waals surface area contributed by atoms with Gasteiger partial charge in [-0.15, -0.1) is 0 Å². The van der Waals surface area contributed by atoms with Crippen LogP contribution in [0.4, 0.5) is 0 Å². The minimum absolute atomic E-state index is 0.315. The molecular weight excluding hydrogens is 245 g/mol. The number of hydrogen-bond donors (Lipinski definition) is 2. The first-order valence-electron chi connectivity index (χ1n) is 5.16. The standard InChI is InChI=1S/C11H13Cl2N3/c1-6(2-3-14)11-15-9-4-7(12)8(13)5-10(9)16-11/h4-6H,2-3,14H2,1H3,(H,15,16). The van der Waals surface area contributed by atoms with Gasteiger partial charge in [0.2, 0.25) is 0 Å². The Balaban J connectivity index is 2.43. The molecule has 5 heteroatoms. The van der Waals surface area contributed by atoms with Gasteiger partial charge in [-0.25, -0.2) is 4.98 Å². The Bertz CT molecular complexity index is 468. The highest BCUT2D eigenvalue weighted by molar-refractivity contribution is 6.42. The molecule has 1 heterocycles. The summed E-state index contributed by atoms with van der Waals surface area (Å²) < 4.78 is 0. The number of aromatic amines is 1. The average molecular weight is 258 g/mol. The molecule has 0 radical (unpaired) electrons. The van der Waals surface area contributed by atoms with Gasteiger partial charge in [0, 0.05) is 5.92 Å². The van der Waals surface area contributed by atoms with Crippen molar-refractivity contribution < 1.29 is 0 Å². The van der Waals surface area contributed by atoms with Crippen molar-refractivity contribution in [2.24, 2.45) is 5.73 Å². The summed E-state index contributed by atoms with van der Waals surface area (Å²) in [6.45, 7) is 2.74. The van der Waals surface area contributed by atoms with E-state index >= 15 is 0 Å². The second-order valence-corrected chi connectivity index (χ2v) is 4.70. The minimum atomic E-state index is 0.315. The minimum Gasteiger partial charge on any atom is -0.342 e. The van der Waals surface area contributed by atoms with Crippen LogP contribution in [0.2, 0.25) is 10.0 Å². The molecule has 1 unspecified atom stereocenters. The van der Waals surface area contributed by atoms with E-state index in [9.17, 15) is 0 Å². The summed E-state index contributed by atoms with van der Waals surface area (Å²) in [7, 11) is 0. The number of nitrogens with two attached hydrogens (primary N) is 1. The molecule has 1 aromatic carbocycles. The lowest BCUT2D eigenvalue weighted by molar-refractivity contribution is 0.657. The van der Waals surface area contributed by atoms with Crippen molar-refractivity contribution in [3.63, 3.8) is 0 Å². The van der Waals surface area contributed by atoms with Crippen molar-refractivity contribution in [3.8, 4) is 0 Å².